The van der Waals surface area contributed by atoms with Crippen molar-refractivity contribution in [2.75, 3.05) is 28.6 Å². The van der Waals surface area contributed by atoms with E-state index in [0.29, 0.717) is 5.82 Å². The van der Waals surface area contributed by atoms with E-state index in [1.165, 1.54) is 0 Å². The smallest absolute Gasteiger partial charge is 0.227 e. The highest BCUT2D eigenvalue weighted by atomic mass is 16.1. The first-order valence-corrected chi connectivity index (χ1v) is 12.2. The molecule has 182 valence electrons. The number of rotatable bonds is 6. The molecular weight excluding hydrogens is 450 g/mol. The minimum atomic E-state index is -0.0256. The lowest BCUT2D eigenvalue weighted by atomic mass is 9.96. The number of benzene rings is 2. The highest BCUT2D eigenvalue weighted by Crippen LogP contribution is 2.25. The van der Waals surface area contributed by atoms with Gasteiger partial charge in [-0.2, -0.15) is 0 Å². The van der Waals surface area contributed by atoms with Gasteiger partial charge in [0.15, 0.2) is 0 Å². The molecule has 36 heavy (non-hydrogen) atoms. The van der Waals surface area contributed by atoms with Crippen LogP contribution < -0.4 is 15.5 Å². The second-order valence-electron chi connectivity index (χ2n) is 9.06. The first kappa shape index (κ1) is 23.4. The summed E-state index contributed by atoms with van der Waals surface area (Å²) in [6.45, 7) is 5.50. The van der Waals surface area contributed by atoms with Crippen molar-refractivity contribution in [2.45, 2.75) is 26.7 Å². The van der Waals surface area contributed by atoms with Crippen molar-refractivity contribution >= 4 is 29.0 Å². The summed E-state index contributed by atoms with van der Waals surface area (Å²) in [6.07, 6.45) is 3.11. The number of hydrogen-bond acceptors (Lipinski definition) is 7. The molecular formula is C28H29N7O. The van der Waals surface area contributed by atoms with E-state index in [0.717, 1.165) is 65.9 Å². The number of carbonyl (C=O) groups excluding carboxylic acids is 1. The molecule has 0 unspecified atom stereocenters. The predicted molar refractivity (Wildman–Crippen MR) is 142 cm³/mol. The van der Waals surface area contributed by atoms with Crippen LogP contribution in [0, 0.1) is 19.8 Å². The fourth-order valence-corrected chi connectivity index (χ4v) is 4.41. The maximum absolute atomic E-state index is 12.9. The summed E-state index contributed by atoms with van der Waals surface area (Å²) in [5.74, 6) is 1.50. The van der Waals surface area contributed by atoms with Gasteiger partial charge < -0.3 is 15.5 Å². The molecule has 0 atom stereocenters. The van der Waals surface area contributed by atoms with Crippen molar-refractivity contribution in [1.29, 1.82) is 0 Å². The maximum atomic E-state index is 12.9. The largest absolute Gasteiger partial charge is 0.341 e. The Morgan fingerprint density at radius 2 is 1.53 bits per heavy atom. The summed E-state index contributed by atoms with van der Waals surface area (Å²) in [4.78, 5) is 32.8. The number of anilines is 4. The fraction of sp³-hybridized carbons (Fsp3) is 0.250. The Morgan fingerprint density at radius 3 is 2.22 bits per heavy atom. The van der Waals surface area contributed by atoms with Crippen LogP contribution in [0.25, 0.3) is 11.3 Å². The molecule has 1 saturated heterocycles. The minimum absolute atomic E-state index is 0.0256. The van der Waals surface area contributed by atoms with Gasteiger partial charge in [-0.1, -0.05) is 30.3 Å². The molecule has 0 saturated carbocycles. The van der Waals surface area contributed by atoms with Gasteiger partial charge in [-0.05, 0) is 57.0 Å². The number of nitrogens with zero attached hydrogens (tertiary/aromatic N) is 5. The summed E-state index contributed by atoms with van der Waals surface area (Å²) >= 11 is 0. The molecule has 0 spiro atoms. The number of nitrogens with one attached hydrogen (secondary N) is 2. The molecule has 3 heterocycles. The van der Waals surface area contributed by atoms with Crippen molar-refractivity contribution in [3.8, 4) is 11.3 Å². The van der Waals surface area contributed by atoms with Gasteiger partial charge in [0.25, 0.3) is 0 Å². The monoisotopic (exact) mass is 479 g/mol. The molecule has 1 aliphatic rings. The molecule has 0 aliphatic carbocycles. The molecule has 2 aromatic carbocycles. The maximum Gasteiger partial charge on any atom is 0.227 e. The van der Waals surface area contributed by atoms with Crippen LogP contribution in [-0.4, -0.2) is 38.9 Å². The average molecular weight is 480 g/mol. The molecule has 1 amide bonds. The Labute approximate surface area is 210 Å². The second kappa shape index (κ2) is 10.5. The summed E-state index contributed by atoms with van der Waals surface area (Å²) < 4.78 is 0. The molecule has 8 nitrogen and oxygen atoms in total. The Bertz CT molecular complexity index is 1310. The first-order chi connectivity index (χ1) is 17.5. The zero-order chi connectivity index (χ0) is 24.9. The van der Waals surface area contributed by atoms with Crippen LogP contribution in [0.3, 0.4) is 0 Å². The topological polar surface area (TPSA) is 95.9 Å². The zero-order valence-corrected chi connectivity index (χ0v) is 20.5. The van der Waals surface area contributed by atoms with Gasteiger partial charge >= 0.3 is 0 Å². The molecule has 0 bridgehead atoms. The van der Waals surface area contributed by atoms with Crippen molar-refractivity contribution in [3.63, 3.8) is 0 Å². The fourth-order valence-electron chi connectivity index (χ4n) is 4.41. The lowest BCUT2D eigenvalue weighted by molar-refractivity contribution is -0.120. The van der Waals surface area contributed by atoms with E-state index >= 15 is 0 Å². The summed E-state index contributed by atoms with van der Waals surface area (Å²) in [5, 5.41) is 6.37. The summed E-state index contributed by atoms with van der Waals surface area (Å²) in [7, 11) is 0. The highest BCUT2D eigenvalue weighted by molar-refractivity contribution is 5.93. The molecule has 5 rings (SSSR count). The number of hydrogen-bond donors (Lipinski definition) is 2. The number of carbonyl (C=O) groups is 1. The van der Waals surface area contributed by atoms with Gasteiger partial charge in [0.1, 0.15) is 12.1 Å². The van der Waals surface area contributed by atoms with Gasteiger partial charge in [-0.25, -0.2) is 19.9 Å². The molecule has 1 fully saturated rings. The Hall–Kier alpha value is -4.33. The number of aromatic nitrogens is 4. The van der Waals surface area contributed by atoms with E-state index in [9.17, 15) is 4.79 Å². The summed E-state index contributed by atoms with van der Waals surface area (Å²) in [5.41, 5.74) is 5.48. The van der Waals surface area contributed by atoms with E-state index in [2.05, 4.69) is 35.5 Å². The van der Waals surface area contributed by atoms with Crippen molar-refractivity contribution in [2.24, 2.45) is 5.92 Å². The van der Waals surface area contributed by atoms with Crippen LogP contribution in [0.2, 0.25) is 0 Å². The third-order valence-corrected chi connectivity index (χ3v) is 6.28. The Balaban J connectivity index is 1.15. The summed E-state index contributed by atoms with van der Waals surface area (Å²) in [6, 6.07) is 21.5. The third kappa shape index (κ3) is 5.66. The van der Waals surface area contributed by atoms with E-state index in [1.807, 2.05) is 80.6 Å². The van der Waals surface area contributed by atoms with Crippen LogP contribution in [-0.2, 0) is 4.79 Å². The Morgan fingerprint density at radius 1 is 0.861 bits per heavy atom. The average Bonchev–Trinajstić information content (AvgIpc) is 2.90. The van der Waals surface area contributed by atoms with E-state index in [-0.39, 0.29) is 11.8 Å². The van der Waals surface area contributed by atoms with E-state index in [4.69, 9.17) is 0 Å². The van der Waals surface area contributed by atoms with Gasteiger partial charge in [0.05, 0.1) is 5.69 Å². The number of aryl methyl sites for hydroxylation is 2. The molecule has 0 radical (unpaired) electrons. The normalized spacial score (nSPS) is 13.9. The van der Waals surface area contributed by atoms with Crippen LogP contribution >= 0.6 is 0 Å². The third-order valence-electron chi connectivity index (χ3n) is 6.28. The van der Waals surface area contributed by atoms with Crippen LogP contribution in [0.4, 0.5) is 23.1 Å². The second-order valence-corrected chi connectivity index (χ2v) is 9.06. The lowest BCUT2D eigenvalue weighted by Gasteiger charge is -2.31. The standard InChI is InChI=1S/C28H29N7O/c1-19-16-20(2)32-28(31-19)35-14-12-22(13-15-35)27(36)34-24-10-8-23(9-11-24)33-26-17-25(29-18-30-26)21-6-4-3-5-7-21/h3-11,16-18,22H,12-15H2,1-2H3,(H,34,36)(H,29,30,33). The predicted octanol–water partition coefficient (Wildman–Crippen LogP) is 5.15. The van der Waals surface area contributed by atoms with Gasteiger partial charge in [0.2, 0.25) is 11.9 Å². The molecule has 8 heteroatoms. The van der Waals surface area contributed by atoms with Crippen molar-refractivity contribution in [1.82, 2.24) is 19.9 Å². The number of amides is 1. The molecule has 2 N–H and O–H groups in total. The van der Waals surface area contributed by atoms with Gasteiger partial charge in [0, 0.05) is 53.4 Å². The molecule has 2 aromatic heterocycles. The lowest BCUT2D eigenvalue weighted by Crippen LogP contribution is -2.39. The highest BCUT2D eigenvalue weighted by Gasteiger charge is 2.26. The van der Waals surface area contributed by atoms with E-state index < -0.39 is 0 Å². The van der Waals surface area contributed by atoms with Crippen LogP contribution in [0.1, 0.15) is 24.2 Å². The van der Waals surface area contributed by atoms with E-state index in [1.54, 1.807) is 6.33 Å². The molecule has 4 aromatic rings. The Kier molecular flexibility index (Phi) is 6.84. The SMILES string of the molecule is Cc1cc(C)nc(N2CCC(C(=O)Nc3ccc(Nc4cc(-c5ccccc5)ncn4)cc3)CC2)n1. The van der Waals surface area contributed by atoms with Gasteiger partial charge in [-0.3, -0.25) is 4.79 Å². The van der Waals surface area contributed by atoms with Crippen molar-refractivity contribution < 1.29 is 4.79 Å². The van der Waals surface area contributed by atoms with Gasteiger partial charge in [-0.15, -0.1) is 0 Å². The van der Waals surface area contributed by atoms with Crippen LogP contribution in [0.5, 0.6) is 0 Å². The first-order valence-electron chi connectivity index (χ1n) is 12.2. The zero-order valence-electron chi connectivity index (χ0n) is 20.5. The van der Waals surface area contributed by atoms with Crippen LogP contribution in [0.15, 0.2) is 73.1 Å². The quantitative estimate of drug-likeness (QED) is 0.395. The van der Waals surface area contributed by atoms with Crippen molar-refractivity contribution in [3.05, 3.63) is 84.4 Å². The number of piperidine rings is 1. The minimum Gasteiger partial charge on any atom is -0.341 e. The molecule has 1 aliphatic heterocycles.